The van der Waals surface area contributed by atoms with Gasteiger partial charge in [0.25, 0.3) is 0 Å². The highest BCUT2D eigenvalue weighted by molar-refractivity contribution is 7.26. The van der Waals surface area contributed by atoms with Gasteiger partial charge in [0.15, 0.2) is 0 Å². The molecule has 2 aliphatic carbocycles. The molecule has 0 saturated heterocycles. The Morgan fingerprint density at radius 1 is 0.233 bits per heavy atom. The summed E-state index contributed by atoms with van der Waals surface area (Å²) in [5, 5.41) is 14.0. The maximum atomic E-state index is 7.14. The molecule has 0 saturated carbocycles. The molecule has 18 aromatic carbocycles. The molecule has 0 N–H and O–H groups in total. The highest BCUT2D eigenvalue weighted by atomic mass is 32.1. The molecular weight excluding hydrogens is 1450 g/mol. The van der Waals surface area contributed by atoms with Crippen LogP contribution >= 0.6 is 22.7 Å². The van der Waals surface area contributed by atoms with Crippen LogP contribution in [0.15, 0.2) is 373 Å². The van der Waals surface area contributed by atoms with E-state index in [1.54, 1.807) is 0 Å². The third-order valence-corrected chi connectivity index (χ3v) is 27.7. The summed E-state index contributed by atoms with van der Waals surface area (Å²) < 4.78 is 19.1. The first-order chi connectivity index (χ1) is 57.0. The number of benzene rings is 18. The van der Waals surface area contributed by atoms with E-state index in [0.717, 1.165) is 133 Å². The average molecular weight is 1520 g/mol. The van der Waals surface area contributed by atoms with Gasteiger partial charge in [-0.25, -0.2) is 0 Å². The first-order valence-electron chi connectivity index (χ1n) is 40.1. The largest absolute Gasteiger partial charge is 0.455 e. The minimum atomic E-state index is -0.273. The summed E-state index contributed by atoms with van der Waals surface area (Å²) in [6, 6.07) is 135. The Morgan fingerprint density at radius 2 is 0.603 bits per heavy atom. The lowest BCUT2D eigenvalue weighted by atomic mass is 9.81. The fourth-order valence-corrected chi connectivity index (χ4v) is 22.3. The highest BCUT2D eigenvalue weighted by Crippen LogP contribution is 2.59. The molecular formula is C110H72N2O2S2. The van der Waals surface area contributed by atoms with Crippen LogP contribution in [0.1, 0.15) is 49.9 Å². The molecule has 0 fully saturated rings. The van der Waals surface area contributed by atoms with Crippen LogP contribution in [-0.4, -0.2) is 0 Å². The molecule has 0 bridgehead atoms. The Balaban J connectivity index is 0.581. The van der Waals surface area contributed by atoms with Crippen LogP contribution in [0, 0.1) is 0 Å². The van der Waals surface area contributed by atoms with Crippen LogP contribution in [-0.2, 0) is 10.8 Å². The average Bonchev–Trinajstić information content (AvgIpc) is 1.57. The number of nitrogens with zero attached hydrogens (tertiary/aromatic N) is 2. The quantitative estimate of drug-likeness (QED) is 0.129. The maximum Gasteiger partial charge on any atom is 0.143 e. The Bertz CT molecular complexity index is 7920. The van der Waals surface area contributed by atoms with E-state index in [1.165, 1.54) is 107 Å². The number of thiophene rings is 2. The fourth-order valence-electron chi connectivity index (χ4n) is 20.1. The van der Waals surface area contributed by atoms with Crippen LogP contribution < -0.4 is 9.80 Å². The second kappa shape index (κ2) is 25.3. The molecule has 0 amide bonds. The van der Waals surface area contributed by atoms with E-state index in [0.29, 0.717) is 0 Å². The number of furan rings is 2. The summed E-state index contributed by atoms with van der Waals surface area (Å²) in [5.74, 6) is 0. The zero-order valence-electron chi connectivity index (χ0n) is 64.2. The van der Waals surface area contributed by atoms with Crippen molar-refractivity contribution >= 4 is 163 Å². The van der Waals surface area contributed by atoms with Gasteiger partial charge in [-0.3, -0.25) is 0 Å². The van der Waals surface area contributed by atoms with Gasteiger partial charge in [0.1, 0.15) is 22.3 Å². The number of fused-ring (bicyclic) bond motifs is 22. The predicted molar refractivity (Wildman–Crippen MR) is 493 cm³/mol. The van der Waals surface area contributed by atoms with Crippen molar-refractivity contribution in [2.24, 2.45) is 0 Å². The Hall–Kier alpha value is -13.9. The normalized spacial score (nSPS) is 13.3. The Morgan fingerprint density at radius 3 is 1.17 bits per heavy atom. The number of hydrogen-bond acceptors (Lipinski definition) is 6. The first-order valence-corrected chi connectivity index (χ1v) is 41.7. The number of anilines is 6. The Labute approximate surface area is 678 Å². The SMILES string of the molecule is CC1(C)c2ccccc2-c2cccc(N(c3ccc(-c4ccc5sc6ccc(-c7ccc8c(ccc9c8oc8cccc(-c%10ccccc%10N(c%10ccc(-c%11ccc%12c(c%11)sc%11ccccc%11%12)cc%10)c%10cccc%11c%10C(C)(C)c%10ccccc%10-%11)c89)c7)cc6c5c4)cc3)c3ccccc3-c3cccc4oc5c6ccccc6ccc5c34)c21. The summed E-state index contributed by atoms with van der Waals surface area (Å²) in [6.45, 7) is 9.55. The Kier molecular flexibility index (Phi) is 14.6. The minimum absolute atomic E-state index is 0.270. The van der Waals surface area contributed by atoms with Gasteiger partial charge in [-0.1, -0.05) is 270 Å². The zero-order valence-corrected chi connectivity index (χ0v) is 65.8. The van der Waals surface area contributed by atoms with Crippen LogP contribution in [0.2, 0.25) is 0 Å². The lowest BCUT2D eigenvalue weighted by Gasteiger charge is -2.33. The summed E-state index contributed by atoms with van der Waals surface area (Å²) in [5.41, 5.74) is 31.6. The topological polar surface area (TPSA) is 32.8 Å². The minimum Gasteiger partial charge on any atom is -0.455 e. The van der Waals surface area contributed by atoms with E-state index < -0.39 is 0 Å². The van der Waals surface area contributed by atoms with Crippen LogP contribution in [0.25, 0.3) is 184 Å². The van der Waals surface area contributed by atoms with Gasteiger partial charge in [0, 0.05) is 106 Å². The van der Waals surface area contributed by atoms with Gasteiger partial charge < -0.3 is 18.6 Å². The molecule has 4 heterocycles. The van der Waals surface area contributed by atoms with Crippen LogP contribution in [0.3, 0.4) is 0 Å². The van der Waals surface area contributed by atoms with Crippen molar-refractivity contribution in [2.75, 3.05) is 9.80 Å². The van der Waals surface area contributed by atoms with Gasteiger partial charge in [-0.05, 0) is 221 Å². The zero-order chi connectivity index (χ0) is 76.8. The molecule has 0 spiro atoms. The van der Waals surface area contributed by atoms with Crippen molar-refractivity contribution in [3.05, 3.63) is 386 Å². The molecule has 6 heteroatoms. The van der Waals surface area contributed by atoms with E-state index in [4.69, 9.17) is 8.83 Å². The van der Waals surface area contributed by atoms with E-state index in [1.807, 2.05) is 22.7 Å². The molecule has 24 rings (SSSR count). The highest BCUT2D eigenvalue weighted by Gasteiger charge is 2.41. The monoisotopic (exact) mass is 1520 g/mol. The van der Waals surface area contributed by atoms with Gasteiger partial charge in [-0.15, -0.1) is 22.7 Å². The van der Waals surface area contributed by atoms with Gasteiger partial charge in [-0.2, -0.15) is 0 Å². The van der Waals surface area contributed by atoms with Crippen LogP contribution in [0.5, 0.6) is 0 Å². The summed E-state index contributed by atoms with van der Waals surface area (Å²) >= 11 is 3.72. The molecule has 116 heavy (non-hydrogen) atoms. The van der Waals surface area contributed by atoms with Crippen molar-refractivity contribution < 1.29 is 8.83 Å². The van der Waals surface area contributed by atoms with E-state index in [-0.39, 0.29) is 10.8 Å². The smallest absolute Gasteiger partial charge is 0.143 e. The van der Waals surface area contributed by atoms with Crippen molar-refractivity contribution in [3.8, 4) is 77.9 Å². The molecule has 546 valence electrons. The molecule has 2 aliphatic rings. The van der Waals surface area contributed by atoms with E-state index in [9.17, 15) is 0 Å². The summed E-state index contributed by atoms with van der Waals surface area (Å²) in [7, 11) is 0. The predicted octanol–water partition coefficient (Wildman–Crippen LogP) is 32.4. The molecule has 0 atom stereocenters. The number of para-hydroxylation sites is 2. The molecule has 0 radical (unpaired) electrons. The van der Waals surface area contributed by atoms with Crippen molar-refractivity contribution in [1.82, 2.24) is 0 Å². The molecule has 0 unspecified atom stereocenters. The number of hydrogen-bond donors (Lipinski definition) is 0. The first kappa shape index (κ1) is 66.7. The van der Waals surface area contributed by atoms with Crippen molar-refractivity contribution in [2.45, 2.75) is 38.5 Å². The second-order valence-electron chi connectivity index (χ2n) is 32.5. The van der Waals surface area contributed by atoms with E-state index in [2.05, 4.69) is 401 Å². The molecule has 4 nitrogen and oxygen atoms in total. The van der Waals surface area contributed by atoms with E-state index >= 15 is 0 Å². The fraction of sp³-hybridized carbons (Fsp3) is 0.0545. The molecule has 22 aromatic rings. The molecule has 0 aliphatic heterocycles. The van der Waals surface area contributed by atoms with Crippen molar-refractivity contribution in [3.63, 3.8) is 0 Å². The van der Waals surface area contributed by atoms with Gasteiger partial charge >= 0.3 is 0 Å². The second-order valence-corrected chi connectivity index (χ2v) is 34.6. The molecule has 4 aromatic heterocycles. The third kappa shape index (κ3) is 9.97. The third-order valence-electron chi connectivity index (χ3n) is 25.4. The lowest BCUT2D eigenvalue weighted by molar-refractivity contribution is 0.660. The summed E-state index contributed by atoms with van der Waals surface area (Å²) in [6.07, 6.45) is 0. The van der Waals surface area contributed by atoms with Crippen LogP contribution in [0.4, 0.5) is 34.1 Å². The van der Waals surface area contributed by atoms with Gasteiger partial charge in [0.2, 0.25) is 0 Å². The van der Waals surface area contributed by atoms with Crippen molar-refractivity contribution in [1.29, 1.82) is 0 Å². The summed E-state index contributed by atoms with van der Waals surface area (Å²) in [4.78, 5) is 5.03. The standard InChI is InChI=1S/C110H72N2O2S2/c1-109(2)91-32-12-7-23-77(91)85-30-17-36-95(105(85)109)111(93-34-14-9-25-79(93)83-28-19-38-97-103(83)87-57-45-67-21-5-6-22-75(67)107(87)113-97)73-51-41-65(42-52-73)69-49-59-100-89(62-69)90-63-70(50-60-101(90)115-100)68-46-55-76-72(61-68)48-58-88-104-84(29-20-39-98(104)114-108(76)88)80-26-10-15-35-94(80)112(96-37-18-31-86-78-24-8-13-33-92(78)110(3,4)106(86)96)74-53-43-66(44-54-74)71-47-56-82-81-27-11-16-40-99(81)116-102(82)64-71/h5-64H,1-4H3. The lowest BCUT2D eigenvalue weighted by Crippen LogP contribution is -2.21. The van der Waals surface area contributed by atoms with Gasteiger partial charge in [0.05, 0.1) is 22.7 Å². The maximum absolute atomic E-state index is 7.14. The number of rotatable bonds is 11.